The predicted octanol–water partition coefficient (Wildman–Crippen LogP) is 10.7. The van der Waals surface area contributed by atoms with Gasteiger partial charge < -0.3 is 4.42 Å². The van der Waals surface area contributed by atoms with E-state index in [9.17, 15) is 0 Å². The minimum absolute atomic E-state index is 0.632. The van der Waals surface area contributed by atoms with E-state index in [1.165, 1.54) is 30.9 Å². The smallest absolute Gasteiger partial charge is 0.236 e. The van der Waals surface area contributed by atoms with Crippen LogP contribution in [0.15, 0.2) is 132 Å². The number of thiophene rings is 1. The van der Waals surface area contributed by atoms with Crippen molar-refractivity contribution in [3.63, 3.8) is 0 Å². The van der Waals surface area contributed by atoms with E-state index in [4.69, 9.17) is 14.4 Å². The zero-order chi connectivity index (χ0) is 28.1. The van der Waals surface area contributed by atoms with Crippen molar-refractivity contribution >= 4 is 86.2 Å². The fourth-order valence-electron chi connectivity index (χ4n) is 6.70. The van der Waals surface area contributed by atoms with Gasteiger partial charge in [-0.15, -0.1) is 11.3 Å². The van der Waals surface area contributed by atoms with E-state index in [1.54, 1.807) is 0 Å². The molecular formula is C38H21N3OS. The van der Waals surface area contributed by atoms with Crippen molar-refractivity contribution in [2.75, 3.05) is 0 Å². The molecule has 4 heterocycles. The van der Waals surface area contributed by atoms with E-state index < -0.39 is 0 Å². The van der Waals surface area contributed by atoms with Crippen LogP contribution in [-0.2, 0) is 0 Å². The third-order valence-electron chi connectivity index (χ3n) is 8.62. The Morgan fingerprint density at radius 3 is 2.21 bits per heavy atom. The Bertz CT molecular complexity index is 2740. The van der Waals surface area contributed by atoms with Crippen LogP contribution in [0, 0.1) is 0 Å². The Morgan fingerprint density at radius 1 is 0.535 bits per heavy atom. The van der Waals surface area contributed by atoms with Gasteiger partial charge in [0.2, 0.25) is 5.95 Å². The summed E-state index contributed by atoms with van der Waals surface area (Å²) in [4.78, 5) is 10.6. The molecule has 0 radical (unpaired) electrons. The fraction of sp³-hybridized carbons (Fsp3) is 0. The summed E-state index contributed by atoms with van der Waals surface area (Å²) in [5.74, 6) is 0.632. The SMILES string of the molecule is c1ccc2c(-c3nc(-n4c5ccccc5c5cc6sc7ccccc7c6cc54)nc4c3oc3ccccc34)cccc2c1. The number of nitrogens with zero attached hydrogens (tertiary/aromatic N) is 3. The molecule has 0 saturated carbocycles. The molecule has 0 spiro atoms. The van der Waals surface area contributed by atoms with Crippen LogP contribution in [0.1, 0.15) is 0 Å². The largest absolute Gasteiger partial charge is 0.452 e. The van der Waals surface area contributed by atoms with Crippen molar-refractivity contribution in [1.29, 1.82) is 0 Å². The molecule has 10 rings (SSSR count). The Morgan fingerprint density at radius 2 is 1.28 bits per heavy atom. The van der Waals surface area contributed by atoms with Crippen molar-refractivity contribution in [3.8, 4) is 17.2 Å². The molecule has 10 aromatic rings. The third-order valence-corrected chi connectivity index (χ3v) is 9.76. The van der Waals surface area contributed by atoms with E-state index in [-0.39, 0.29) is 0 Å². The summed E-state index contributed by atoms with van der Waals surface area (Å²) < 4.78 is 11.3. The number of benzene rings is 6. The first-order valence-corrected chi connectivity index (χ1v) is 15.2. The van der Waals surface area contributed by atoms with Crippen molar-refractivity contribution in [2.45, 2.75) is 0 Å². The molecule has 4 aromatic heterocycles. The Kier molecular flexibility index (Phi) is 4.57. The number of hydrogen-bond acceptors (Lipinski definition) is 4. The molecular weight excluding hydrogens is 547 g/mol. The molecule has 0 N–H and O–H groups in total. The highest BCUT2D eigenvalue weighted by molar-refractivity contribution is 7.25. The standard InChI is InChI=1S/C38H21N3OS/c1-2-12-23-22(10-1)11-9-16-26(23)35-37-36(27-15-4-7-18-32(27)42-37)40-38(39-35)41-30-17-6-3-13-24(30)28-21-34-29(20-31(28)41)25-14-5-8-19-33(25)43-34/h1-21H. The second kappa shape index (κ2) is 8.51. The summed E-state index contributed by atoms with van der Waals surface area (Å²) in [5, 5.41) is 8.18. The number of furan rings is 1. The molecule has 0 aliphatic rings. The Labute approximate surface area is 249 Å². The van der Waals surface area contributed by atoms with Crippen LogP contribution in [-0.4, -0.2) is 14.5 Å². The molecule has 6 aromatic carbocycles. The number of rotatable bonds is 2. The van der Waals surface area contributed by atoms with Gasteiger partial charge in [0.1, 0.15) is 16.8 Å². The van der Waals surface area contributed by atoms with E-state index in [2.05, 4.69) is 114 Å². The lowest BCUT2D eigenvalue weighted by molar-refractivity contribution is 0.666. The summed E-state index contributed by atoms with van der Waals surface area (Å²) in [5.41, 5.74) is 6.31. The maximum atomic E-state index is 6.50. The van der Waals surface area contributed by atoms with Crippen LogP contribution < -0.4 is 0 Å². The van der Waals surface area contributed by atoms with Crippen LogP contribution in [0.5, 0.6) is 0 Å². The van der Waals surface area contributed by atoms with Crippen molar-refractivity contribution in [3.05, 3.63) is 127 Å². The summed E-state index contributed by atoms with van der Waals surface area (Å²) in [6, 6.07) is 44.8. The molecule has 200 valence electrons. The highest BCUT2D eigenvalue weighted by Crippen LogP contribution is 2.42. The second-order valence-electron chi connectivity index (χ2n) is 11.0. The molecule has 0 fully saturated rings. The fourth-order valence-corrected chi connectivity index (χ4v) is 7.82. The first-order chi connectivity index (χ1) is 21.3. The van der Waals surface area contributed by atoms with E-state index in [1.807, 2.05) is 29.5 Å². The number of fused-ring (bicyclic) bond motifs is 10. The van der Waals surface area contributed by atoms with Crippen molar-refractivity contribution in [1.82, 2.24) is 14.5 Å². The summed E-state index contributed by atoms with van der Waals surface area (Å²) in [6.07, 6.45) is 0. The van der Waals surface area contributed by atoms with Crippen LogP contribution in [0.25, 0.3) is 92.0 Å². The highest BCUT2D eigenvalue weighted by atomic mass is 32.1. The van der Waals surface area contributed by atoms with Gasteiger partial charge in [0.15, 0.2) is 5.58 Å². The van der Waals surface area contributed by atoms with Crippen LogP contribution in [0.4, 0.5) is 0 Å². The number of hydrogen-bond donors (Lipinski definition) is 0. The van der Waals surface area contributed by atoms with E-state index in [0.29, 0.717) is 11.5 Å². The Hall–Kier alpha value is -5.52. The summed E-state index contributed by atoms with van der Waals surface area (Å²) in [6.45, 7) is 0. The van der Waals surface area contributed by atoms with Gasteiger partial charge in [-0.2, -0.15) is 0 Å². The van der Waals surface area contributed by atoms with Crippen LogP contribution in [0.3, 0.4) is 0 Å². The average Bonchev–Trinajstić information content (AvgIpc) is 3.72. The van der Waals surface area contributed by atoms with Crippen molar-refractivity contribution in [2.24, 2.45) is 0 Å². The molecule has 0 aliphatic heterocycles. The quantitative estimate of drug-likeness (QED) is 0.209. The minimum Gasteiger partial charge on any atom is -0.452 e. The highest BCUT2D eigenvalue weighted by Gasteiger charge is 2.22. The average molecular weight is 568 g/mol. The van der Waals surface area contributed by atoms with Gasteiger partial charge in [-0.25, -0.2) is 9.97 Å². The maximum Gasteiger partial charge on any atom is 0.236 e. The molecule has 0 saturated heterocycles. The molecule has 5 heteroatoms. The topological polar surface area (TPSA) is 43.9 Å². The van der Waals surface area contributed by atoms with E-state index >= 15 is 0 Å². The van der Waals surface area contributed by atoms with Crippen LogP contribution >= 0.6 is 11.3 Å². The van der Waals surface area contributed by atoms with Gasteiger partial charge >= 0.3 is 0 Å². The molecule has 43 heavy (non-hydrogen) atoms. The molecule has 0 aliphatic carbocycles. The normalized spacial score (nSPS) is 12.2. The lowest BCUT2D eigenvalue weighted by Gasteiger charge is -2.11. The van der Waals surface area contributed by atoms with E-state index in [0.717, 1.165) is 49.5 Å². The molecule has 0 amide bonds. The van der Waals surface area contributed by atoms with Gasteiger partial charge in [0, 0.05) is 41.9 Å². The van der Waals surface area contributed by atoms with Gasteiger partial charge in [-0.1, -0.05) is 91.0 Å². The first-order valence-electron chi connectivity index (χ1n) is 14.3. The zero-order valence-corrected chi connectivity index (χ0v) is 23.6. The van der Waals surface area contributed by atoms with Gasteiger partial charge in [0.25, 0.3) is 0 Å². The lowest BCUT2D eigenvalue weighted by Crippen LogP contribution is -2.03. The summed E-state index contributed by atoms with van der Waals surface area (Å²) in [7, 11) is 0. The maximum absolute atomic E-state index is 6.50. The molecule has 0 unspecified atom stereocenters. The third kappa shape index (κ3) is 3.20. The minimum atomic E-state index is 0.632. The monoisotopic (exact) mass is 567 g/mol. The summed E-state index contributed by atoms with van der Waals surface area (Å²) >= 11 is 1.84. The lowest BCUT2D eigenvalue weighted by atomic mass is 10.0. The van der Waals surface area contributed by atoms with Crippen LogP contribution in [0.2, 0.25) is 0 Å². The van der Waals surface area contributed by atoms with Gasteiger partial charge in [0.05, 0.1) is 11.0 Å². The Balaban J connectivity index is 1.38. The number of aromatic nitrogens is 3. The zero-order valence-electron chi connectivity index (χ0n) is 22.8. The molecule has 0 bridgehead atoms. The first kappa shape index (κ1) is 23.1. The second-order valence-corrected chi connectivity index (χ2v) is 12.1. The molecule has 4 nitrogen and oxygen atoms in total. The molecule has 0 atom stereocenters. The number of para-hydroxylation sites is 2. The van der Waals surface area contributed by atoms with Gasteiger partial charge in [-0.3, -0.25) is 4.57 Å². The van der Waals surface area contributed by atoms with Gasteiger partial charge in [-0.05, 0) is 47.2 Å². The predicted molar refractivity (Wildman–Crippen MR) is 179 cm³/mol. The van der Waals surface area contributed by atoms with Crippen molar-refractivity contribution < 1.29 is 4.42 Å².